The summed E-state index contributed by atoms with van der Waals surface area (Å²) < 4.78 is 24.4. The van der Waals surface area contributed by atoms with Crippen LogP contribution in [0.4, 0.5) is 4.39 Å². The van der Waals surface area contributed by atoms with Gasteiger partial charge >= 0.3 is 5.97 Å². The molecule has 2 aromatic rings. The third-order valence-corrected chi connectivity index (χ3v) is 3.54. The third-order valence-electron chi connectivity index (χ3n) is 3.05. The van der Waals surface area contributed by atoms with Gasteiger partial charge in [0.15, 0.2) is 0 Å². The average molecular weight is 356 g/mol. The van der Waals surface area contributed by atoms with Gasteiger partial charge in [0, 0.05) is 16.6 Å². The number of benzene rings is 1. The van der Waals surface area contributed by atoms with Crippen molar-refractivity contribution in [3.63, 3.8) is 0 Å². The number of carbonyl (C=O) groups is 1. The Balaban J connectivity index is 2.01. The summed E-state index contributed by atoms with van der Waals surface area (Å²) in [5, 5.41) is 3.15. The number of hydrogen-bond acceptors (Lipinski definition) is 4. The van der Waals surface area contributed by atoms with E-state index in [0.29, 0.717) is 17.9 Å². The molecule has 1 atom stereocenters. The molecule has 2 rings (SSSR count). The largest absolute Gasteiger partial charge is 0.463 e. The zero-order chi connectivity index (χ0) is 15.4. The highest BCUT2D eigenvalue weighted by atomic mass is 79.9. The molecule has 0 aliphatic heterocycles. The van der Waals surface area contributed by atoms with Gasteiger partial charge in [0.25, 0.3) is 0 Å². The van der Waals surface area contributed by atoms with Crippen molar-refractivity contribution in [2.24, 2.45) is 0 Å². The first-order valence-electron chi connectivity index (χ1n) is 6.36. The van der Waals surface area contributed by atoms with Gasteiger partial charge in [-0.1, -0.05) is 15.9 Å². The van der Waals surface area contributed by atoms with Crippen LogP contribution in [0.3, 0.4) is 0 Å². The highest BCUT2D eigenvalue weighted by Crippen LogP contribution is 2.19. The summed E-state index contributed by atoms with van der Waals surface area (Å²) in [6.07, 6.45) is 0. The Morgan fingerprint density at radius 1 is 1.43 bits per heavy atom. The Morgan fingerprint density at radius 2 is 2.19 bits per heavy atom. The summed E-state index contributed by atoms with van der Waals surface area (Å²) in [6.45, 7) is 2.22. The van der Waals surface area contributed by atoms with Gasteiger partial charge in [0.2, 0.25) is 5.76 Å². The first kappa shape index (κ1) is 15.7. The van der Waals surface area contributed by atoms with Gasteiger partial charge in [-0.15, -0.1) is 0 Å². The minimum absolute atomic E-state index is 0.148. The number of methoxy groups -OCH3 is 1. The van der Waals surface area contributed by atoms with Crippen molar-refractivity contribution < 1.29 is 18.3 Å². The fourth-order valence-corrected chi connectivity index (χ4v) is 2.25. The molecule has 0 fully saturated rings. The second-order valence-electron chi connectivity index (χ2n) is 4.53. The molecule has 0 aliphatic carbocycles. The predicted molar refractivity (Wildman–Crippen MR) is 79.4 cm³/mol. The third kappa shape index (κ3) is 3.92. The maximum Gasteiger partial charge on any atom is 0.373 e. The molecule has 4 nitrogen and oxygen atoms in total. The molecule has 1 unspecified atom stereocenters. The van der Waals surface area contributed by atoms with E-state index in [-0.39, 0.29) is 17.6 Å². The second-order valence-corrected chi connectivity index (χ2v) is 5.45. The fourth-order valence-electron chi connectivity index (χ4n) is 1.84. The molecule has 0 aliphatic rings. The van der Waals surface area contributed by atoms with Crippen LogP contribution in [0, 0.1) is 5.82 Å². The van der Waals surface area contributed by atoms with Gasteiger partial charge in [0.05, 0.1) is 13.2 Å². The van der Waals surface area contributed by atoms with E-state index in [9.17, 15) is 9.18 Å². The van der Waals surface area contributed by atoms with E-state index in [1.54, 1.807) is 24.3 Å². The van der Waals surface area contributed by atoms with E-state index in [0.717, 1.165) is 4.47 Å². The van der Waals surface area contributed by atoms with Gasteiger partial charge in [-0.2, -0.15) is 0 Å². The first-order valence-corrected chi connectivity index (χ1v) is 7.16. The molecule has 1 aromatic carbocycles. The molecule has 112 valence electrons. The normalized spacial score (nSPS) is 12.2. The number of halogens is 2. The standard InChI is InChI=1S/C15H15BrFNO3/c1-9(13-5-6-14(21-13)15(19)20-2)18-8-10-7-11(16)3-4-12(10)17/h3-7,9,18H,8H2,1-2H3. The predicted octanol–water partition coefficient (Wildman–Crippen LogP) is 3.82. The lowest BCUT2D eigenvalue weighted by atomic mass is 10.2. The van der Waals surface area contributed by atoms with Crippen LogP contribution >= 0.6 is 15.9 Å². The minimum Gasteiger partial charge on any atom is -0.463 e. The number of ether oxygens (including phenoxy) is 1. The SMILES string of the molecule is COC(=O)c1ccc(C(C)NCc2cc(Br)ccc2F)o1. The summed E-state index contributed by atoms with van der Waals surface area (Å²) in [5.41, 5.74) is 0.552. The Morgan fingerprint density at radius 3 is 2.90 bits per heavy atom. The van der Waals surface area contributed by atoms with Crippen molar-refractivity contribution in [3.05, 3.63) is 57.7 Å². The van der Waals surface area contributed by atoms with Crippen molar-refractivity contribution in [2.45, 2.75) is 19.5 Å². The fraction of sp³-hybridized carbons (Fsp3) is 0.267. The molecule has 0 saturated heterocycles. The number of esters is 1. The van der Waals surface area contributed by atoms with Crippen LogP contribution in [0.2, 0.25) is 0 Å². The topological polar surface area (TPSA) is 51.5 Å². The highest BCUT2D eigenvalue weighted by Gasteiger charge is 2.15. The molecule has 0 amide bonds. The van der Waals surface area contributed by atoms with Crippen molar-refractivity contribution >= 4 is 21.9 Å². The summed E-state index contributed by atoms with van der Waals surface area (Å²) in [7, 11) is 1.29. The quantitative estimate of drug-likeness (QED) is 0.828. The molecule has 21 heavy (non-hydrogen) atoms. The summed E-state index contributed by atoms with van der Waals surface area (Å²) in [5.74, 6) is -0.0559. The maximum absolute atomic E-state index is 13.6. The van der Waals surface area contributed by atoms with Crippen LogP contribution < -0.4 is 5.32 Å². The summed E-state index contributed by atoms with van der Waals surface area (Å²) in [4.78, 5) is 11.3. The molecule has 6 heteroatoms. The van der Waals surface area contributed by atoms with E-state index in [2.05, 4.69) is 26.0 Å². The van der Waals surface area contributed by atoms with Crippen LogP contribution in [-0.4, -0.2) is 13.1 Å². The molecular formula is C15H15BrFNO3. The van der Waals surface area contributed by atoms with Crippen LogP contribution in [0.1, 0.15) is 34.8 Å². The number of hydrogen-bond donors (Lipinski definition) is 1. The Labute approximate surface area is 130 Å². The lowest BCUT2D eigenvalue weighted by Gasteiger charge is -2.12. The lowest BCUT2D eigenvalue weighted by molar-refractivity contribution is 0.0562. The number of rotatable bonds is 5. The highest BCUT2D eigenvalue weighted by molar-refractivity contribution is 9.10. The van der Waals surface area contributed by atoms with Gasteiger partial charge in [-0.3, -0.25) is 0 Å². The van der Waals surface area contributed by atoms with E-state index in [1.807, 2.05) is 6.92 Å². The molecule has 0 bridgehead atoms. The van der Waals surface area contributed by atoms with E-state index in [4.69, 9.17) is 4.42 Å². The van der Waals surface area contributed by atoms with Crippen molar-refractivity contribution in [3.8, 4) is 0 Å². The molecular weight excluding hydrogens is 341 g/mol. The van der Waals surface area contributed by atoms with Crippen LogP contribution in [0.15, 0.2) is 39.2 Å². The minimum atomic E-state index is -0.522. The van der Waals surface area contributed by atoms with Gasteiger partial charge in [-0.05, 0) is 37.3 Å². The Bertz CT molecular complexity index is 642. The molecule has 1 heterocycles. The Kier molecular flexibility index (Phi) is 5.14. The van der Waals surface area contributed by atoms with Crippen LogP contribution in [0.5, 0.6) is 0 Å². The van der Waals surface area contributed by atoms with Crippen molar-refractivity contribution in [1.82, 2.24) is 5.32 Å². The Hall–Kier alpha value is -1.66. The molecule has 1 aromatic heterocycles. The zero-order valence-electron chi connectivity index (χ0n) is 11.7. The maximum atomic E-state index is 13.6. The summed E-state index contributed by atoms with van der Waals surface area (Å²) >= 11 is 3.31. The monoisotopic (exact) mass is 355 g/mol. The molecule has 0 radical (unpaired) electrons. The van der Waals surface area contributed by atoms with Gasteiger partial charge < -0.3 is 14.5 Å². The van der Waals surface area contributed by atoms with Gasteiger partial charge in [-0.25, -0.2) is 9.18 Å². The first-order chi connectivity index (χ1) is 10.0. The molecule has 0 spiro atoms. The van der Waals surface area contributed by atoms with E-state index < -0.39 is 5.97 Å². The summed E-state index contributed by atoms with van der Waals surface area (Å²) in [6, 6.07) is 7.87. The molecule has 0 saturated carbocycles. The average Bonchev–Trinajstić information content (AvgIpc) is 2.97. The smallest absolute Gasteiger partial charge is 0.373 e. The lowest BCUT2D eigenvalue weighted by Crippen LogP contribution is -2.18. The van der Waals surface area contributed by atoms with Crippen LogP contribution in [0.25, 0.3) is 0 Å². The van der Waals surface area contributed by atoms with Gasteiger partial charge in [0.1, 0.15) is 11.6 Å². The van der Waals surface area contributed by atoms with Crippen molar-refractivity contribution in [1.29, 1.82) is 0 Å². The van der Waals surface area contributed by atoms with E-state index >= 15 is 0 Å². The zero-order valence-corrected chi connectivity index (χ0v) is 13.2. The van der Waals surface area contributed by atoms with E-state index in [1.165, 1.54) is 13.2 Å². The number of nitrogens with one attached hydrogen (secondary N) is 1. The second kappa shape index (κ2) is 6.87. The number of carbonyl (C=O) groups excluding carboxylic acids is 1. The van der Waals surface area contributed by atoms with Crippen LogP contribution in [-0.2, 0) is 11.3 Å². The number of furan rings is 1. The van der Waals surface area contributed by atoms with Crippen molar-refractivity contribution in [2.75, 3.05) is 7.11 Å². The molecule has 1 N–H and O–H groups in total.